The predicted octanol–water partition coefficient (Wildman–Crippen LogP) is 4.04. The number of hydrogen-bond donors (Lipinski definition) is 2. The minimum Gasteiger partial charge on any atom is -0.348 e. The standard InChI is InChI=1S/C23H27N3O2S/c1-2-16-6-8-17(9-7-16)15-24-21(27)18-10-11-20-19(14-18)25-22(28)23(29-20)26-12-4-3-5-13-26/h6-11,14,23H,2-5,12-13,15H2,1H3,(H,24,27)(H,25,28). The van der Waals surface area contributed by atoms with E-state index in [1.807, 2.05) is 24.3 Å². The van der Waals surface area contributed by atoms with E-state index in [0.29, 0.717) is 12.1 Å². The van der Waals surface area contributed by atoms with Crippen molar-refractivity contribution in [2.45, 2.75) is 49.4 Å². The van der Waals surface area contributed by atoms with Gasteiger partial charge in [-0.1, -0.05) is 49.4 Å². The average Bonchev–Trinajstić information content (AvgIpc) is 2.77. The predicted molar refractivity (Wildman–Crippen MR) is 117 cm³/mol. The van der Waals surface area contributed by atoms with Crippen molar-refractivity contribution in [1.82, 2.24) is 10.2 Å². The van der Waals surface area contributed by atoms with Crippen LogP contribution in [-0.4, -0.2) is 35.2 Å². The van der Waals surface area contributed by atoms with Crippen LogP contribution in [0.3, 0.4) is 0 Å². The molecule has 0 radical (unpaired) electrons. The Morgan fingerprint density at radius 3 is 2.55 bits per heavy atom. The smallest absolute Gasteiger partial charge is 0.252 e. The van der Waals surface area contributed by atoms with Gasteiger partial charge >= 0.3 is 0 Å². The highest BCUT2D eigenvalue weighted by molar-refractivity contribution is 8.00. The number of carbonyl (C=O) groups is 2. The number of nitrogens with zero attached hydrogens (tertiary/aromatic N) is 1. The molecule has 2 aliphatic rings. The van der Waals surface area contributed by atoms with Gasteiger partial charge in [0.25, 0.3) is 11.8 Å². The maximum Gasteiger partial charge on any atom is 0.252 e. The van der Waals surface area contributed by atoms with E-state index in [9.17, 15) is 9.59 Å². The van der Waals surface area contributed by atoms with E-state index >= 15 is 0 Å². The Morgan fingerprint density at radius 1 is 1.10 bits per heavy atom. The van der Waals surface area contributed by atoms with Crippen LogP contribution in [0.1, 0.15) is 47.7 Å². The molecule has 0 aromatic heterocycles. The van der Waals surface area contributed by atoms with Crippen molar-refractivity contribution in [3.8, 4) is 0 Å². The van der Waals surface area contributed by atoms with E-state index in [2.05, 4.69) is 34.6 Å². The fraction of sp³-hybridized carbons (Fsp3) is 0.391. The zero-order chi connectivity index (χ0) is 20.2. The summed E-state index contributed by atoms with van der Waals surface area (Å²) in [6.07, 6.45) is 4.55. The number of piperidine rings is 1. The molecular weight excluding hydrogens is 382 g/mol. The number of fused-ring (bicyclic) bond motifs is 1. The Labute approximate surface area is 176 Å². The molecule has 2 aliphatic heterocycles. The summed E-state index contributed by atoms with van der Waals surface area (Å²) in [6.45, 7) is 4.55. The topological polar surface area (TPSA) is 61.4 Å². The average molecular weight is 410 g/mol. The number of nitrogens with one attached hydrogen (secondary N) is 2. The molecule has 1 fully saturated rings. The first-order chi connectivity index (χ1) is 14.1. The Hall–Kier alpha value is -2.31. The lowest BCUT2D eigenvalue weighted by Crippen LogP contribution is -2.46. The van der Waals surface area contributed by atoms with Crippen LogP contribution in [-0.2, 0) is 17.8 Å². The van der Waals surface area contributed by atoms with Crippen LogP contribution in [0.5, 0.6) is 0 Å². The summed E-state index contributed by atoms with van der Waals surface area (Å²) in [4.78, 5) is 28.5. The van der Waals surface area contributed by atoms with Gasteiger partial charge in [-0.15, -0.1) is 0 Å². The number of carbonyl (C=O) groups excluding carboxylic acids is 2. The summed E-state index contributed by atoms with van der Waals surface area (Å²) in [5.41, 5.74) is 3.65. The molecule has 2 amide bonds. The third-order valence-corrected chi connectivity index (χ3v) is 6.91. The summed E-state index contributed by atoms with van der Waals surface area (Å²) >= 11 is 1.59. The first-order valence-corrected chi connectivity index (χ1v) is 11.2. The highest BCUT2D eigenvalue weighted by Crippen LogP contribution is 2.38. The van der Waals surface area contributed by atoms with Gasteiger partial charge in [-0.05, 0) is 61.7 Å². The molecule has 1 unspecified atom stereocenters. The van der Waals surface area contributed by atoms with E-state index in [1.165, 1.54) is 12.0 Å². The van der Waals surface area contributed by atoms with Crippen LogP contribution in [0.2, 0.25) is 0 Å². The number of amides is 2. The van der Waals surface area contributed by atoms with Crippen molar-refractivity contribution in [3.63, 3.8) is 0 Å². The maximum atomic E-state index is 12.6. The van der Waals surface area contributed by atoms with Crippen LogP contribution in [0.4, 0.5) is 5.69 Å². The highest BCUT2D eigenvalue weighted by Gasteiger charge is 2.33. The monoisotopic (exact) mass is 409 g/mol. The van der Waals surface area contributed by atoms with E-state index in [-0.39, 0.29) is 17.2 Å². The molecule has 0 bridgehead atoms. The second-order valence-corrected chi connectivity index (χ2v) is 8.74. The molecule has 1 atom stereocenters. The molecule has 152 valence electrons. The molecule has 2 aromatic carbocycles. The molecule has 0 spiro atoms. The SMILES string of the molecule is CCc1ccc(CNC(=O)c2ccc3c(c2)NC(=O)C(N2CCCCC2)S3)cc1. The quantitative estimate of drug-likeness (QED) is 0.783. The summed E-state index contributed by atoms with van der Waals surface area (Å²) in [5, 5.41) is 5.80. The molecule has 2 aromatic rings. The highest BCUT2D eigenvalue weighted by atomic mass is 32.2. The molecule has 2 heterocycles. The minimum atomic E-state index is -0.173. The zero-order valence-corrected chi connectivity index (χ0v) is 17.6. The number of benzene rings is 2. The number of likely N-dealkylation sites (tertiary alicyclic amines) is 1. The largest absolute Gasteiger partial charge is 0.348 e. The van der Waals surface area contributed by atoms with Crippen LogP contribution in [0.25, 0.3) is 0 Å². The number of anilines is 1. The van der Waals surface area contributed by atoms with E-state index in [0.717, 1.165) is 48.5 Å². The Kier molecular flexibility index (Phi) is 6.21. The molecule has 1 saturated heterocycles. The fourth-order valence-electron chi connectivity index (χ4n) is 3.81. The van der Waals surface area contributed by atoms with Gasteiger partial charge in [-0.2, -0.15) is 0 Å². The van der Waals surface area contributed by atoms with Gasteiger partial charge < -0.3 is 10.6 Å². The third-order valence-electron chi connectivity index (χ3n) is 5.57. The number of aryl methyl sites for hydroxylation is 1. The lowest BCUT2D eigenvalue weighted by Gasteiger charge is -2.35. The molecule has 5 nitrogen and oxygen atoms in total. The van der Waals surface area contributed by atoms with Crippen LogP contribution < -0.4 is 10.6 Å². The molecular formula is C23H27N3O2S. The first-order valence-electron chi connectivity index (χ1n) is 10.4. The molecule has 29 heavy (non-hydrogen) atoms. The fourth-order valence-corrected chi connectivity index (χ4v) is 4.96. The van der Waals surface area contributed by atoms with Gasteiger partial charge in [-0.3, -0.25) is 14.5 Å². The molecule has 0 saturated carbocycles. The number of rotatable bonds is 5. The Morgan fingerprint density at radius 2 is 1.83 bits per heavy atom. The van der Waals surface area contributed by atoms with Gasteiger partial charge in [0.1, 0.15) is 5.37 Å². The van der Waals surface area contributed by atoms with Crippen LogP contribution >= 0.6 is 11.8 Å². The third kappa shape index (κ3) is 4.65. The van der Waals surface area contributed by atoms with Crippen molar-refractivity contribution in [2.75, 3.05) is 18.4 Å². The summed E-state index contributed by atoms with van der Waals surface area (Å²) in [5.74, 6) is -0.122. The molecule has 0 aliphatic carbocycles. The van der Waals surface area contributed by atoms with Crippen LogP contribution in [0.15, 0.2) is 47.4 Å². The zero-order valence-electron chi connectivity index (χ0n) is 16.7. The molecule has 2 N–H and O–H groups in total. The minimum absolute atomic E-state index is 0.0120. The summed E-state index contributed by atoms with van der Waals surface area (Å²) in [6, 6.07) is 13.8. The van der Waals surface area contributed by atoms with Gasteiger partial charge in [-0.25, -0.2) is 0 Å². The van der Waals surface area contributed by atoms with Gasteiger partial charge in [0, 0.05) is 17.0 Å². The molecule has 6 heteroatoms. The Balaban J connectivity index is 1.40. The first kappa shape index (κ1) is 20.0. The van der Waals surface area contributed by atoms with Crippen LogP contribution in [0, 0.1) is 0 Å². The van der Waals surface area contributed by atoms with E-state index in [1.54, 1.807) is 17.8 Å². The number of thioether (sulfide) groups is 1. The normalized spacial score (nSPS) is 19.3. The van der Waals surface area contributed by atoms with Crippen molar-refractivity contribution in [3.05, 3.63) is 59.2 Å². The van der Waals surface area contributed by atoms with Crippen molar-refractivity contribution >= 4 is 29.3 Å². The summed E-state index contributed by atoms with van der Waals surface area (Å²) < 4.78 is 0. The summed E-state index contributed by atoms with van der Waals surface area (Å²) in [7, 11) is 0. The van der Waals surface area contributed by atoms with Gasteiger partial charge in [0.2, 0.25) is 0 Å². The van der Waals surface area contributed by atoms with Gasteiger partial charge in [0.15, 0.2) is 0 Å². The van der Waals surface area contributed by atoms with Crippen molar-refractivity contribution in [1.29, 1.82) is 0 Å². The van der Waals surface area contributed by atoms with Crippen molar-refractivity contribution in [2.24, 2.45) is 0 Å². The number of hydrogen-bond acceptors (Lipinski definition) is 4. The lowest BCUT2D eigenvalue weighted by atomic mass is 10.1. The van der Waals surface area contributed by atoms with Crippen molar-refractivity contribution < 1.29 is 9.59 Å². The Bertz CT molecular complexity index is 891. The second-order valence-electron chi connectivity index (χ2n) is 7.62. The lowest BCUT2D eigenvalue weighted by molar-refractivity contribution is -0.118. The maximum absolute atomic E-state index is 12.6. The van der Waals surface area contributed by atoms with E-state index in [4.69, 9.17) is 0 Å². The molecule has 4 rings (SSSR count). The van der Waals surface area contributed by atoms with Gasteiger partial charge in [0.05, 0.1) is 5.69 Å². The van der Waals surface area contributed by atoms with E-state index < -0.39 is 0 Å². The second kappa shape index (κ2) is 9.01.